The molecular weight excluding hydrogens is 93.1 g/mol. The zero-order valence-electron chi connectivity index (χ0n) is 4.06. The van der Waals surface area contributed by atoms with Gasteiger partial charge in [-0.05, 0) is 13.0 Å². The highest BCUT2D eigenvalue weighted by atomic mass is 19.1. The van der Waals surface area contributed by atoms with Gasteiger partial charge in [0, 0.05) is 0 Å². The Labute approximate surface area is 41.6 Å². The number of allylic oxidation sites excluding steroid dienone is 1. The fraction of sp³-hybridized carbons (Fsp3) is 0.400. The predicted molar refractivity (Wildman–Crippen MR) is 27.1 cm³/mol. The molecule has 1 aliphatic heterocycles. The number of halogens is 1. The summed E-state index contributed by atoms with van der Waals surface area (Å²) in [6, 6.07) is 0.0556. The first kappa shape index (κ1) is 4.50. The molecule has 0 aromatic heterocycles. The number of hydrogen-bond donors (Lipinski definition) is 0. The van der Waals surface area contributed by atoms with E-state index in [4.69, 9.17) is 0 Å². The third-order valence-corrected chi connectivity index (χ3v) is 0.833. The Morgan fingerprint density at radius 1 is 1.86 bits per heavy atom. The lowest BCUT2D eigenvalue weighted by atomic mass is 10.4. The van der Waals surface area contributed by atoms with Crippen LogP contribution in [-0.4, -0.2) is 12.3 Å². The van der Waals surface area contributed by atoms with Crippen LogP contribution in [0, 0.1) is 0 Å². The molecule has 1 unspecified atom stereocenters. The molecule has 1 rings (SSSR count). The third-order valence-electron chi connectivity index (χ3n) is 0.833. The minimum atomic E-state index is -0.215. The summed E-state index contributed by atoms with van der Waals surface area (Å²) < 4.78 is 11.9. The molecule has 1 aliphatic rings. The van der Waals surface area contributed by atoms with Gasteiger partial charge in [-0.2, -0.15) is 0 Å². The first-order valence-corrected chi connectivity index (χ1v) is 2.19. The van der Waals surface area contributed by atoms with Crippen molar-refractivity contribution in [2.45, 2.75) is 13.0 Å². The van der Waals surface area contributed by atoms with Gasteiger partial charge in [0.2, 0.25) is 0 Å². The van der Waals surface area contributed by atoms with Crippen molar-refractivity contribution < 1.29 is 4.39 Å². The molecule has 0 aromatic rings. The zero-order chi connectivity index (χ0) is 5.28. The first-order valence-electron chi connectivity index (χ1n) is 2.19. The Bertz CT molecular complexity index is 126. The molecule has 1 nitrogen and oxygen atoms in total. The van der Waals surface area contributed by atoms with E-state index in [1.807, 2.05) is 6.92 Å². The molecule has 0 saturated carbocycles. The minimum Gasteiger partial charge on any atom is -0.283 e. The summed E-state index contributed by atoms with van der Waals surface area (Å²) in [6.07, 6.45) is 2.71. The fourth-order valence-electron chi connectivity index (χ4n) is 0.505. The Morgan fingerprint density at radius 3 is 2.71 bits per heavy atom. The molecule has 0 aliphatic carbocycles. The topological polar surface area (TPSA) is 12.4 Å². The van der Waals surface area contributed by atoms with E-state index in [-0.39, 0.29) is 11.9 Å². The third kappa shape index (κ3) is 0.856. The van der Waals surface area contributed by atoms with Crippen LogP contribution in [0.25, 0.3) is 0 Å². The SMILES string of the molecule is CC1C=C(F)C=N1. The number of aliphatic imine (C=N–C) groups is 1. The second-order valence-corrected chi connectivity index (χ2v) is 1.57. The number of hydrogen-bond acceptors (Lipinski definition) is 1. The Morgan fingerprint density at radius 2 is 2.57 bits per heavy atom. The molecular formula is C5H6FN. The van der Waals surface area contributed by atoms with Gasteiger partial charge in [0.15, 0.2) is 0 Å². The maximum absolute atomic E-state index is 11.9. The average molecular weight is 99.1 g/mol. The smallest absolute Gasteiger partial charge is 0.139 e. The monoisotopic (exact) mass is 99.0 g/mol. The number of nitrogens with zero attached hydrogens (tertiary/aromatic N) is 1. The molecule has 0 radical (unpaired) electrons. The lowest BCUT2D eigenvalue weighted by molar-refractivity contribution is 0.685. The molecule has 7 heavy (non-hydrogen) atoms. The van der Waals surface area contributed by atoms with Gasteiger partial charge in [-0.25, -0.2) is 4.39 Å². The summed E-state index contributed by atoms with van der Waals surface area (Å²) in [7, 11) is 0. The molecule has 0 N–H and O–H groups in total. The average Bonchev–Trinajstić information content (AvgIpc) is 1.87. The lowest BCUT2D eigenvalue weighted by Gasteiger charge is -1.84. The molecule has 0 aromatic carbocycles. The van der Waals surface area contributed by atoms with Crippen LogP contribution in [0.5, 0.6) is 0 Å². The summed E-state index contributed by atoms with van der Waals surface area (Å²) in [5.41, 5.74) is 0. The van der Waals surface area contributed by atoms with Crippen molar-refractivity contribution in [1.82, 2.24) is 0 Å². The molecule has 0 amide bonds. The van der Waals surface area contributed by atoms with Gasteiger partial charge in [-0.3, -0.25) is 4.99 Å². The second-order valence-electron chi connectivity index (χ2n) is 1.57. The van der Waals surface area contributed by atoms with Crippen LogP contribution in [0.2, 0.25) is 0 Å². The summed E-state index contributed by atoms with van der Waals surface area (Å²) >= 11 is 0. The predicted octanol–water partition coefficient (Wildman–Crippen LogP) is 1.31. The molecule has 38 valence electrons. The van der Waals surface area contributed by atoms with Crippen molar-refractivity contribution in [2.24, 2.45) is 4.99 Å². The van der Waals surface area contributed by atoms with Crippen LogP contribution in [0.1, 0.15) is 6.92 Å². The molecule has 0 bridgehead atoms. The van der Waals surface area contributed by atoms with Gasteiger partial charge in [-0.15, -0.1) is 0 Å². The molecule has 0 spiro atoms. The van der Waals surface area contributed by atoms with Crippen molar-refractivity contribution in [3.05, 3.63) is 11.9 Å². The second kappa shape index (κ2) is 1.45. The molecule has 1 heterocycles. The van der Waals surface area contributed by atoms with E-state index in [9.17, 15) is 4.39 Å². The van der Waals surface area contributed by atoms with E-state index in [0.29, 0.717) is 0 Å². The first-order chi connectivity index (χ1) is 3.29. The Kier molecular flexibility index (Phi) is 0.929. The van der Waals surface area contributed by atoms with E-state index in [1.54, 1.807) is 0 Å². The maximum Gasteiger partial charge on any atom is 0.139 e. The summed E-state index contributed by atoms with van der Waals surface area (Å²) in [4.78, 5) is 3.72. The van der Waals surface area contributed by atoms with E-state index >= 15 is 0 Å². The molecule has 0 saturated heterocycles. The lowest BCUT2D eigenvalue weighted by Crippen LogP contribution is -1.82. The van der Waals surface area contributed by atoms with Crippen molar-refractivity contribution >= 4 is 6.21 Å². The largest absolute Gasteiger partial charge is 0.283 e. The van der Waals surface area contributed by atoms with E-state index in [2.05, 4.69) is 4.99 Å². The number of rotatable bonds is 0. The summed E-state index contributed by atoms with van der Waals surface area (Å²) in [5.74, 6) is -0.215. The van der Waals surface area contributed by atoms with Crippen LogP contribution in [0.4, 0.5) is 4.39 Å². The highest BCUT2D eigenvalue weighted by Crippen LogP contribution is 2.05. The van der Waals surface area contributed by atoms with Gasteiger partial charge in [0.1, 0.15) is 5.83 Å². The van der Waals surface area contributed by atoms with E-state index in [0.717, 1.165) is 0 Å². The van der Waals surface area contributed by atoms with Crippen molar-refractivity contribution in [1.29, 1.82) is 0 Å². The van der Waals surface area contributed by atoms with Gasteiger partial charge in [-0.1, -0.05) is 0 Å². The highest BCUT2D eigenvalue weighted by molar-refractivity contribution is 5.78. The molecule has 1 atom stereocenters. The van der Waals surface area contributed by atoms with Crippen LogP contribution >= 0.6 is 0 Å². The van der Waals surface area contributed by atoms with Crippen molar-refractivity contribution in [3.63, 3.8) is 0 Å². The van der Waals surface area contributed by atoms with Crippen LogP contribution in [0.3, 0.4) is 0 Å². The molecule has 2 heteroatoms. The Balaban J connectivity index is 2.69. The van der Waals surface area contributed by atoms with E-state index in [1.165, 1.54) is 12.3 Å². The van der Waals surface area contributed by atoms with Gasteiger partial charge < -0.3 is 0 Å². The quantitative estimate of drug-likeness (QED) is 0.434. The van der Waals surface area contributed by atoms with E-state index < -0.39 is 0 Å². The van der Waals surface area contributed by atoms with Gasteiger partial charge in [0.25, 0.3) is 0 Å². The summed E-state index contributed by atoms with van der Waals surface area (Å²) in [5, 5.41) is 0. The van der Waals surface area contributed by atoms with Gasteiger partial charge >= 0.3 is 0 Å². The minimum absolute atomic E-state index is 0.0556. The normalized spacial score (nSPS) is 28.3. The fourth-order valence-corrected chi connectivity index (χ4v) is 0.505. The van der Waals surface area contributed by atoms with Gasteiger partial charge in [0.05, 0.1) is 12.3 Å². The Hall–Kier alpha value is -0.660. The maximum atomic E-state index is 11.9. The van der Waals surface area contributed by atoms with Crippen molar-refractivity contribution in [3.8, 4) is 0 Å². The summed E-state index contributed by atoms with van der Waals surface area (Å²) in [6.45, 7) is 1.84. The molecule has 0 fully saturated rings. The standard InChI is InChI=1S/C5H6FN/c1-4-2-5(6)3-7-4/h2-4H,1H3. The van der Waals surface area contributed by atoms with Crippen LogP contribution < -0.4 is 0 Å². The van der Waals surface area contributed by atoms with Crippen LogP contribution in [0.15, 0.2) is 16.9 Å². The van der Waals surface area contributed by atoms with Crippen molar-refractivity contribution in [2.75, 3.05) is 0 Å². The zero-order valence-corrected chi connectivity index (χ0v) is 4.06. The van der Waals surface area contributed by atoms with Crippen LogP contribution in [-0.2, 0) is 0 Å². The highest BCUT2D eigenvalue weighted by Gasteiger charge is 2.01.